The molecule has 23 heavy (non-hydrogen) atoms. The molecule has 1 saturated heterocycles. The van der Waals surface area contributed by atoms with Crippen molar-refractivity contribution in [2.24, 2.45) is 0 Å². The van der Waals surface area contributed by atoms with E-state index < -0.39 is 0 Å². The first kappa shape index (κ1) is 15.6. The van der Waals surface area contributed by atoms with Crippen molar-refractivity contribution < 1.29 is 4.74 Å². The fourth-order valence-corrected chi connectivity index (χ4v) is 2.97. The van der Waals surface area contributed by atoms with Crippen molar-refractivity contribution in [1.82, 2.24) is 4.90 Å². The van der Waals surface area contributed by atoms with Gasteiger partial charge in [0.15, 0.2) is 0 Å². The third-order valence-electron chi connectivity index (χ3n) is 4.30. The fourth-order valence-electron chi connectivity index (χ4n) is 2.97. The van der Waals surface area contributed by atoms with Crippen molar-refractivity contribution in [3.63, 3.8) is 0 Å². The maximum atomic E-state index is 7.37. The molecular weight excluding hydrogens is 286 g/mol. The number of benzene rings is 2. The van der Waals surface area contributed by atoms with Crippen LogP contribution < -0.4 is 10.5 Å². The SMILES string of the molecule is N=Cc1cc(OC2CCN(Cc3ccccc3)CC2)ccc1N. The lowest BCUT2D eigenvalue weighted by atomic mass is 10.1. The Labute approximate surface area is 137 Å². The van der Waals surface area contributed by atoms with Gasteiger partial charge in [0.25, 0.3) is 0 Å². The Kier molecular flexibility index (Phi) is 4.93. The van der Waals surface area contributed by atoms with Gasteiger partial charge in [-0.1, -0.05) is 30.3 Å². The summed E-state index contributed by atoms with van der Waals surface area (Å²) in [6, 6.07) is 16.1. The minimum atomic E-state index is 0.240. The quantitative estimate of drug-likeness (QED) is 0.658. The van der Waals surface area contributed by atoms with Crippen molar-refractivity contribution in [3.05, 3.63) is 59.7 Å². The number of ether oxygens (including phenoxy) is 1. The zero-order chi connectivity index (χ0) is 16.1. The molecule has 1 fully saturated rings. The highest BCUT2D eigenvalue weighted by molar-refractivity contribution is 5.85. The highest BCUT2D eigenvalue weighted by Crippen LogP contribution is 2.23. The van der Waals surface area contributed by atoms with Crippen LogP contribution in [0.3, 0.4) is 0 Å². The molecule has 0 bridgehead atoms. The van der Waals surface area contributed by atoms with E-state index in [0.717, 1.165) is 38.2 Å². The second-order valence-electron chi connectivity index (χ2n) is 6.01. The first-order valence-electron chi connectivity index (χ1n) is 8.07. The van der Waals surface area contributed by atoms with E-state index in [4.69, 9.17) is 15.9 Å². The van der Waals surface area contributed by atoms with E-state index in [0.29, 0.717) is 11.3 Å². The number of rotatable bonds is 5. The second kappa shape index (κ2) is 7.29. The van der Waals surface area contributed by atoms with E-state index in [1.54, 1.807) is 6.07 Å². The molecule has 0 saturated carbocycles. The van der Waals surface area contributed by atoms with Crippen molar-refractivity contribution >= 4 is 11.9 Å². The lowest BCUT2D eigenvalue weighted by Crippen LogP contribution is -2.37. The van der Waals surface area contributed by atoms with Crippen LogP contribution in [-0.4, -0.2) is 30.3 Å². The monoisotopic (exact) mass is 309 g/mol. The Balaban J connectivity index is 1.52. The van der Waals surface area contributed by atoms with Gasteiger partial charge in [0.2, 0.25) is 0 Å². The molecule has 3 N–H and O–H groups in total. The number of anilines is 1. The Morgan fingerprint density at radius 2 is 1.87 bits per heavy atom. The molecule has 0 aliphatic carbocycles. The fraction of sp³-hybridized carbons (Fsp3) is 0.316. The maximum Gasteiger partial charge on any atom is 0.120 e. The van der Waals surface area contributed by atoms with Crippen LogP contribution in [0.4, 0.5) is 5.69 Å². The van der Waals surface area contributed by atoms with E-state index in [1.807, 2.05) is 12.1 Å². The molecule has 4 nitrogen and oxygen atoms in total. The number of hydrogen-bond donors (Lipinski definition) is 2. The average molecular weight is 309 g/mol. The number of piperidine rings is 1. The first-order chi connectivity index (χ1) is 11.2. The number of nitrogen functional groups attached to an aromatic ring is 1. The van der Waals surface area contributed by atoms with Crippen molar-refractivity contribution in [3.8, 4) is 5.75 Å². The molecule has 0 aromatic heterocycles. The van der Waals surface area contributed by atoms with Crippen LogP contribution in [0, 0.1) is 5.41 Å². The molecule has 4 heteroatoms. The van der Waals surface area contributed by atoms with Gasteiger partial charge < -0.3 is 15.9 Å². The first-order valence-corrected chi connectivity index (χ1v) is 8.07. The minimum Gasteiger partial charge on any atom is -0.490 e. The zero-order valence-corrected chi connectivity index (χ0v) is 13.2. The maximum absolute atomic E-state index is 7.37. The normalized spacial score (nSPS) is 16.2. The molecule has 0 unspecified atom stereocenters. The number of likely N-dealkylation sites (tertiary alicyclic amines) is 1. The van der Waals surface area contributed by atoms with E-state index in [-0.39, 0.29) is 6.10 Å². The third-order valence-corrected chi connectivity index (χ3v) is 4.30. The third kappa shape index (κ3) is 4.11. The van der Waals surface area contributed by atoms with Crippen LogP contribution in [0.1, 0.15) is 24.0 Å². The van der Waals surface area contributed by atoms with Crippen LogP contribution in [0.2, 0.25) is 0 Å². The molecule has 0 radical (unpaired) electrons. The second-order valence-corrected chi connectivity index (χ2v) is 6.01. The molecule has 1 heterocycles. The van der Waals surface area contributed by atoms with Gasteiger partial charge in [-0.15, -0.1) is 0 Å². The van der Waals surface area contributed by atoms with Crippen LogP contribution in [0.5, 0.6) is 5.75 Å². The number of nitrogens with one attached hydrogen (secondary N) is 1. The summed E-state index contributed by atoms with van der Waals surface area (Å²) in [7, 11) is 0. The van der Waals surface area contributed by atoms with Gasteiger partial charge in [0.05, 0.1) is 0 Å². The smallest absolute Gasteiger partial charge is 0.120 e. The molecule has 2 aromatic rings. The van der Waals surface area contributed by atoms with Crippen LogP contribution >= 0.6 is 0 Å². The highest BCUT2D eigenvalue weighted by Gasteiger charge is 2.20. The van der Waals surface area contributed by atoms with Gasteiger partial charge in [-0.25, -0.2) is 0 Å². The lowest BCUT2D eigenvalue weighted by molar-refractivity contribution is 0.0968. The average Bonchev–Trinajstić information content (AvgIpc) is 2.59. The summed E-state index contributed by atoms with van der Waals surface area (Å²) < 4.78 is 6.07. The largest absolute Gasteiger partial charge is 0.490 e. The molecule has 2 aromatic carbocycles. The molecule has 120 valence electrons. The summed E-state index contributed by atoms with van der Waals surface area (Å²) in [6.45, 7) is 3.10. The summed E-state index contributed by atoms with van der Waals surface area (Å²) in [5.41, 5.74) is 8.50. The molecule has 0 atom stereocenters. The Bertz CT molecular complexity index is 649. The van der Waals surface area contributed by atoms with Crippen LogP contribution in [0.25, 0.3) is 0 Å². The number of hydrogen-bond acceptors (Lipinski definition) is 4. The summed E-state index contributed by atoms with van der Waals surface area (Å²) in [6.07, 6.45) is 3.56. The van der Waals surface area contributed by atoms with E-state index in [1.165, 1.54) is 11.8 Å². The molecule has 0 amide bonds. The standard InChI is InChI=1S/C19H23N3O/c20-13-16-12-18(6-7-19(16)21)23-17-8-10-22(11-9-17)14-15-4-2-1-3-5-15/h1-7,12-13,17,20H,8-11,14,21H2. The molecule has 1 aliphatic rings. The Hall–Kier alpha value is -2.33. The zero-order valence-electron chi connectivity index (χ0n) is 13.2. The molecule has 1 aliphatic heterocycles. The van der Waals surface area contributed by atoms with Gasteiger partial charge in [-0.05, 0) is 36.6 Å². The van der Waals surface area contributed by atoms with Crippen molar-refractivity contribution in [2.45, 2.75) is 25.5 Å². The van der Waals surface area contributed by atoms with Crippen molar-refractivity contribution in [1.29, 1.82) is 5.41 Å². The number of nitrogens with two attached hydrogens (primary N) is 1. The topological polar surface area (TPSA) is 62.3 Å². The lowest BCUT2D eigenvalue weighted by Gasteiger charge is -2.32. The predicted octanol–water partition coefficient (Wildman–Crippen LogP) is 3.31. The molecule has 3 rings (SSSR count). The van der Waals surface area contributed by atoms with E-state index in [9.17, 15) is 0 Å². The predicted molar refractivity (Wildman–Crippen MR) is 94.1 cm³/mol. The van der Waals surface area contributed by atoms with Crippen molar-refractivity contribution in [2.75, 3.05) is 18.8 Å². The molecule has 0 spiro atoms. The van der Waals surface area contributed by atoms with Crippen LogP contribution in [0.15, 0.2) is 48.5 Å². The summed E-state index contributed by atoms with van der Waals surface area (Å²) in [5.74, 6) is 0.805. The highest BCUT2D eigenvalue weighted by atomic mass is 16.5. The number of nitrogens with zero attached hydrogens (tertiary/aromatic N) is 1. The van der Waals surface area contributed by atoms with Crippen LogP contribution in [-0.2, 0) is 6.54 Å². The summed E-state index contributed by atoms with van der Waals surface area (Å²) in [5, 5.41) is 7.37. The Morgan fingerprint density at radius 1 is 1.13 bits per heavy atom. The summed E-state index contributed by atoms with van der Waals surface area (Å²) >= 11 is 0. The van der Waals surface area contributed by atoms with Gasteiger partial charge in [-0.3, -0.25) is 4.90 Å². The molecular formula is C19H23N3O. The minimum absolute atomic E-state index is 0.240. The van der Waals surface area contributed by atoms with Gasteiger partial charge in [0, 0.05) is 37.1 Å². The van der Waals surface area contributed by atoms with Gasteiger partial charge in [-0.2, -0.15) is 0 Å². The van der Waals surface area contributed by atoms with Gasteiger partial charge >= 0.3 is 0 Å². The van der Waals surface area contributed by atoms with E-state index >= 15 is 0 Å². The van der Waals surface area contributed by atoms with Gasteiger partial charge in [0.1, 0.15) is 11.9 Å². The Morgan fingerprint density at radius 3 is 2.57 bits per heavy atom. The summed E-state index contributed by atoms with van der Waals surface area (Å²) in [4.78, 5) is 2.47. The van der Waals surface area contributed by atoms with E-state index in [2.05, 4.69) is 35.2 Å².